The highest BCUT2D eigenvalue weighted by Gasteiger charge is 2.25. The molecule has 8 heteroatoms. The van der Waals surface area contributed by atoms with Crippen LogP contribution in [-0.2, 0) is 17.1 Å². The Balaban J connectivity index is 2.25. The highest BCUT2D eigenvalue weighted by Crippen LogP contribution is 2.20. The highest BCUT2D eigenvalue weighted by molar-refractivity contribution is 7.89. The number of aryl methyl sites for hydroxylation is 1. The Morgan fingerprint density at radius 2 is 2.11 bits per heavy atom. The Kier molecular flexibility index (Phi) is 3.88. The number of halogens is 1. The van der Waals surface area contributed by atoms with Gasteiger partial charge in [-0.3, -0.25) is 4.98 Å². The van der Waals surface area contributed by atoms with Gasteiger partial charge in [0.1, 0.15) is 5.15 Å². The number of hydrogen-bond donors (Lipinski definition) is 1. The number of hydrogen-bond acceptors (Lipinski definition) is 4. The van der Waals surface area contributed by atoms with Crippen molar-refractivity contribution in [1.29, 1.82) is 0 Å². The Morgan fingerprint density at radius 3 is 2.63 bits per heavy atom. The van der Waals surface area contributed by atoms with Crippen LogP contribution in [0.4, 0.5) is 0 Å². The first-order valence-corrected chi connectivity index (χ1v) is 7.38. The van der Waals surface area contributed by atoms with Crippen LogP contribution < -0.4 is 4.72 Å². The number of sulfonamides is 1. The normalized spacial score (nSPS) is 13.4. The second-order valence-electron chi connectivity index (χ2n) is 4.05. The predicted molar refractivity (Wildman–Crippen MR) is 71.2 cm³/mol. The lowest BCUT2D eigenvalue weighted by Crippen LogP contribution is -2.28. The minimum Gasteiger partial charge on any atom is -0.324 e. The molecule has 0 saturated heterocycles. The summed E-state index contributed by atoms with van der Waals surface area (Å²) in [5.41, 5.74) is 0.623. The molecule has 2 aromatic rings. The maximum absolute atomic E-state index is 12.2. The number of imidazole rings is 1. The lowest BCUT2D eigenvalue weighted by atomic mass is 10.2. The van der Waals surface area contributed by atoms with Crippen molar-refractivity contribution in [1.82, 2.24) is 19.3 Å². The van der Waals surface area contributed by atoms with Crippen LogP contribution in [0.1, 0.15) is 18.7 Å². The van der Waals surface area contributed by atoms with Gasteiger partial charge in [0.2, 0.25) is 5.03 Å². The van der Waals surface area contributed by atoms with Gasteiger partial charge in [-0.2, -0.15) is 0 Å². The molecule has 0 fully saturated rings. The molecule has 1 N–H and O–H groups in total. The summed E-state index contributed by atoms with van der Waals surface area (Å²) in [6.45, 7) is 1.71. The first-order valence-electron chi connectivity index (χ1n) is 5.52. The minimum absolute atomic E-state index is 0.0701. The van der Waals surface area contributed by atoms with E-state index in [0.717, 1.165) is 0 Å². The quantitative estimate of drug-likeness (QED) is 0.928. The molecule has 0 aromatic carbocycles. The first kappa shape index (κ1) is 14.0. The van der Waals surface area contributed by atoms with Crippen molar-refractivity contribution in [2.75, 3.05) is 0 Å². The van der Waals surface area contributed by atoms with E-state index in [1.807, 2.05) is 0 Å². The van der Waals surface area contributed by atoms with E-state index in [4.69, 9.17) is 11.6 Å². The molecular formula is C11H13ClN4O2S. The third kappa shape index (κ3) is 2.94. The van der Waals surface area contributed by atoms with Gasteiger partial charge in [-0.15, -0.1) is 0 Å². The molecule has 0 radical (unpaired) electrons. The van der Waals surface area contributed by atoms with Crippen LogP contribution in [0.3, 0.4) is 0 Å². The first-order chi connectivity index (χ1) is 8.92. The fourth-order valence-corrected chi connectivity index (χ4v) is 3.20. The van der Waals surface area contributed by atoms with Gasteiger partial charge >= 0.3 is 0 Å². The molecule has 6 nitrogen and oxygen atoms in total. The van der Waals surface area contributed by atoms with Gasteiger partial charge in [0.15, 0.2) is 0 Å². The van der Waals surface area contributed by atoms with E-state index in [-0.39, 0.29) is 10.2 Å². The van der Waals surface area contributed by atoms with Crippen molar-refractivity contribution < 1.29 is 8.42 Å². The fourth-order valence-electron chi connectivity index (χ4n) is 1.56. The van der Waals surface area contributed by atoms with Crippen LogP contribution in [0.5, 0.6) is 0 Å². The van der Waals surface area contributed by atoms with Gasteiger partial charge in [0, 0.05) is 13.2 Å². The number of nitrogens with zero attached hydrogens (tertiary/aromatic N) is 3. The van der Waals surface area contributed by atoms with Crippen LogP contribution in [0.2, 0.25) is 5.15 Å². The third-order valence-electron chi connectivity index (χ3n) is 2.55. The van der Waals surface area contributed by atoms with Gasteiger partial charge in [0.25, 0.3) is 10.0 Å². The maximum Gasteiger partial charge on any atom is 0.261 e. The molecule has 102 valence electrons. The molecule has 0 bridgehead atoms. The Morgan fingerprint density at radius 1 is 1.37 bits per heavy atom. The average molecular weight is 301 g/mol. The third-order valence-corrected chi connectivity index (χ3v) is 4.58. The van der Waals surface area contributed by atoms with Crippen molar-refractivity contribution in [3.63, 3.8) is 0 Å². The molecule has 2 rings (SSSR count). The molecule has 0 aliphatic rings. The van der Waals surface area contributed by atoms with E-state index in [9.17, 15) is 8.42 Å². The van der Waals surface area contributed by atoms with Gasteiger partial charge in [0.05, 0.1) is 18.1 Å². The van der Waals surface area contributed by atoms with E-state index in [0.29, 0.717) is 5.69 Å². The average Bonchev–Trinajstić information content (AvgIpc) is 2.71. The summed E-state index contributed by atoms with van der Waals surface area (Å²) in [6.07, 6.45) is 2.95. The summed E-state index contributed by atoms with van der Waals surface area (Å²) < 4.78 is 28.2. The molecule has 0 aliphatic heterocycles. The second-order valence-corrected chi connectivity index (χ2v) is 6.04. The SMILES string of the molecule is C[C@@H](NS(=O)(=O)c1ncn(C)c1Cl)c1ccccn1. The molecule has 1 atom stereocenters. The Hall–Kier alpha value is -1.44. The largest absolute Gasteiger partial charge is 0.324 e. The monoisotopic (exact) mass is 300 g/mol. The fraction of sp³-hybridized carbons (Fsp3) is 0.273. The van der Waals surface area contributed by atoms with Gasteiger partial charge < -0.3 is 4.57 Å². The van der Waals surface area contributed by atoms with Crippen molar-refractivity contribution in [2.24, 2.45) is 7.05 Å². The smallest absolute Gasteiger partial charge is 0.261 e. The van der Waals surface area contributed by atoms with Gasteiger partial charge in [-0.25, -0.2) is 18.1 Å². The second kappa shape index (κ2) is 5.28. The van der Waals surface area contributed by atoms with Crippen LogP contribution >= 0.6 is 11.6 Å². The molecular weight excluding hydrogens is 288 g/mol. The van der Waals surface area contributed by atoms with Crippen LogP contribution in [0.25, 0.3) is 0 Å². The standard InChI is InChI=1S/C11H13ClN4O2S/c1-8(9-5-3-4-6-13-9)15-19(17,18)11-10(12)16(2)7-14-11/h3-8,15H,1-2H3/t8-/m1/s1. The zero-order valence-electron chi connectivity index (χ0n) is 10.4. The Labute approximate surface area is 116 Å². The molecule has 2 aromatic heterocycles. The summed E-state index contributed by atoms with van der Waals surface area (Å²) >= 11 is 5.89. The van der Waals surface area contributed by atoms with E-state index in [1.54, 1.807) is 38.4 Å². The molecule has 0 spiro atoms. The summed E-state index contributed by atoms with van der Waals surface area (Å²) in [7, 11) is -2.15. The highest BCUT2D eigenvalue weighted by atomic mass is 35.5. The van der Waals surface area contributed by atoms with E-state index in [2.05, 4.69) is 14.7 Å². The van der Waals surface area contributed by atoms with E-state index in [1.165, 1.54) is 10.9 Å². The molecule has 19 heavy (non-hydrogen) atoms. The summed E-state index contributed by atoms with van der Waals surface area (Å²) in [6, 6.07) is 4.83. The van der Waals surface area contributed by atoms with E-state index >= 15 is 0 Å². The van der Waals surface area contributed by atoms with Crippen LogP contribution in [0, 0.1) is 0 Å². The summed E-state index contributed by atoms with van der Waals surface area (Å²) in [4.78, 5) is 7.89. The molecule has 0 saturated carbocycles. The summed E-state index contributed by atoms with van der Waals surface area (Å²) in [5.74, 6) is 0. The molecule has 0 unspecified atom stereocenters. The maximum atomic E-state index is 12.2. The number of rotatable bonds is 4. The minimum atomic E-state index is -3.77. The lowest BCUT2D eigenvalue weighted by Gasteiger charge is -2.12. The van der Waals surface area contributed by atoms with Gasteiger partial charge in [-0.1, -0.05) is 17.7 Å². The predicted octanol–water partition coefficient (Wildman–Crippen LogP) is 1.51. The zero-order valence-corrected chi connectivity index (χ0v) is 12.0. The van der Waals surface area contributed by atoms with Crippen molar-refractivity contribution in [3.05, 3.63) is 41.6 Å². The molecule has 2 heterocycles. The topological polar surface area (TPSA) is 76.9 Å². The van der Waals surface area contributed by atoms with Gasteiger partial charge in [-0.05, 0) is 19.1 Å². The number of aromatic nitrogens is 3. The van der Waals surface area contributed by atoms with Crippen LogP contribution in [-0.4, -0.2) is 23.0 Å². The van der Waals surface area contributed by atoms with Crippen molar-refractivity contribution in [3.8, 4) is 0 Å². The Bertz CT molecular complexity index is 669. The van der Waals surface area contributed by atoms with Crippen LogP contribution in [0.15, 0.2) is 35.7 Å². The van der Waals surface area contributed by atoms with E-state index < -0.39 is 16.1 Å². The number of pyridine rings is 1. The lowest BCUT2D eigenvalue weighted by molar-refractivity contribution is 0.561. The van der Waals surface area contributed by atoms with Crippen molar-refractivity contribution in [2.45, 2.75) is 18.0 Å². The summed E-state index contributed by atoms with van der Waals surface area (Å²) in [5, 5.41) is -0.111. The van der Waals surface area contributed by atoms with Crippen molar-refractivity contribution >= 4 is 21.6 Å². The number of nitrogens with one attached hydrogen (secondary N) is 1. The molecule has 0 amide bonds. The molecule has 0 aliphatic carbocycles. The zero-order chi connectivity index (χ0) is 14.0.